The molecule has 76 valence electrons. The maximum atomic E-state index is 5.21. The Labute approximate surface area is 85.8 Å². The van der Waals surface area contributed by atoms with Crippen molar-refractivity contribution in [1.29, 1.82) is 0 Å². The van der Waals surface area contributed by atoms with Crippen molar-refractivity contribution in [2.45, 2.75) is 13.3 Å². The highest BCUT2D eigenvalue weighted by molar-refractivity contribution is 7.99. The molecule has 0 fully saturated rings. The van der Waals surface area contributed by atoms with E-state index in [-0.39, 0.29) is 0 Å². The zero-order valence-corrected chi connectivity index (χ0v) is 9.16. The minimum absolute atomic E-state index is 0.817. The van der Waals surface area contributed by atoms with E-state index in [9.17, 15) is 0 Å². The van der Waals surface area contributed by atoms with Crippen LogP contribution in [0.25, 0.3) is 0 Å². The fraction of sp³-hybridized carbons (Fsp3) is 0.800. The fourth-order valence-electron chi connectivity index (χ4n) is 0.844. The highest BCUT2D eigenvalue weighted by Crippen LogP contribution is 1.94. The van der Waals surface area contributed by atoms with Gasteiger partial charge in [-0.1, -0.05) is 5.92 Å². The summed E-state index contributed by atoms with van der Waals surface area (Å²) in [6.45, 7) is 5.78. The third-order valence-corrected chi connectivity index (χ3v) is 2.32. The standard InChI is InChI=1S/C10H19NOS/c1-3-9-13-10-7-11-6-5-8-12-4-2/h1,11H,4-10H2,2H3. The molecule has 3 heteroatoms. The molecule has 0 aliphatic carbocycles. The molecule has 0 saturated carbocycles. The van der Waals surface area contributed by atoms with E-state index in [1.54, 1.807) is 11.8 Å². The second-order valence-electron chi connectivity index (χ2n) is 2.56. The van der Waals surface area contributed by atoms with Crippen LogP contribution in [0.15, 0.2) is 0 Å². The molecule has 0 bridgehead atoms. The molecule has 0 aromatic rings. The van der Waals surface area contributed by atoms with Crippen molar-refractivity contribution in [2.24, 2.45) is 0 Å². The predicted octanol–water partition coefficient (Wildman–Crippen LogP) is 1.37. The van der Waals surface area contributed by atoms with Gasteiger partial charge in [-0.2, -0.15) is 0 Å². The average molecular weight is 201 g/mol. The highest BCUT2D eigenvalue weighted by atomic mass is 32.2. The number of rotatable bonds is 9. The average Bonchev–Trinajstić information content (AvgIpc) is 2.16. The van der Waals surface area contributed by atoms with Crippen molar-refractivity contribution in [3.63, 3.8) is 0 Å². The molecule has 0 aliphatic heterocycles. The number of hydrogen-bond donors (Lipinski definition) is 1. The second kappa shape index (κ2) is 11.8. The Morgan fingerprint density at radius 1 is 1.46 bits per heavy atom. The normalized spacial score (nSPS) is 9.85. The van der Waals surface area contributed by atoms with Gasteiger partial charge in [-0.05, 0) is 19.9 Å². The molecule has 0 spiro atoms. The van der Waals surface area contributed by atoms with E-state index in [0.717, 1.165) is 44.2 Å². The minimum Gasteiger partial charge on any atom is -0.382 e. The van der Waals surface area contributed by atoms with Crippen LogP contribution in [-0.4, -0.2) is 37.8 Å². The third kappa shape index (κ3) is 11.8. The van der Waals surface area contributed by atoms with Crippen LogP contribution in [-0.2, 0) is 4.74 Å². The first kappa shape index (κ1) is 12.8. The molecule has 0 heterocycles. The lowest BCUT2D eigenvalue weighted by Crippen LogP contribution is -2.19. The molecule has 13 heavy (non-hydrogen) atoms. The van der Waals surface area contributed by atoms with E-state index in [1.807, 2.05) is 6.92 Å². The SMILES string of the molecule is C#CCSCCNCCCOCC. The molecule has 0 unspecified atom stereocenters. The Balaban J connectivity index is 2.80. The highest BCUT2D eigenvalue weighted by Gasteiger charge is 1.88. The van der Waals surface area contributed by atoms with Crippen LogP contribution in [0.4, 0.5) is 0 Å². The molecular weight excluding hydrogens is 182 g/mol. The van der Waals surface area contributed by atoms with Gasteiger partial charge in [0.2, 0.25) is 0 Å². The minimum atomic E-state index is 0.817. The summed E-state index contributed by atoms with van der Waals surface area (Å²) in [4.78, 5) is 0. The molecule has 0 aromatic heterocycles. The summed E-state index contributed by atoms with van der Waals surface area (Å²) >= 11 is 1.79. The Hall–Kier alpha value is -0.170. The number of thioether (sulfide) groups is 1. The van der Waals surface area contributed by atoms with E-state index >= 15 is 0 Å². The van der Waals surface area contributed by atoms with Crippen molar-refractivity contribution in [2.75, 3.05) is 37.8 Å². The van der Waals surface area contributed by atoms with Gasteiger partial charge in [0.25, 0.3) is 0 Å². The molecule has 0 amide bonds. The summed E-state index contributed by atoms with van der Waals surface area (Å²) in [5.74, 6) is 4.52. The van der Waals surface area contributed by atoms with Crippen LogP contribution >= 0.6 is 11.8 Å². The van der Waals surface area contributed by atoms with Crippen molar-refractivity contribution < 1.29 is 4.74 Å². The summed E-state index contributed by atoms with van der Waals surface area (Å²) < 4.78 is 5.21. The van der Waals surface area contributed by atoms with Crippen molar-refractivity contribution >= 4 is 11.8 Å². The largest absolute Gasteiger partial charge is 0.382 e. The van der Waals surface area contributed by atoms with Gasteiger partial charge in [0, 0.05) is 25.5 Å². The van der Waals surface area contributed by atoms with Gasteiger partial charge in [-0.25, -0.2) is 0 Å². The van der Waals surface area contributed by atoms with Crippen molar-refractivity contribution in [1.82, 2.24) is 5.32 Å². The second-order valence-corrected chi connectivity index (χ2v) is 3.66. The van der Waals surface area contributed by atoms with Gasteiger partial charge in [0.15, 0.2) is 0 Å². The first-order valence-electron chi connectivity index (χ1n) is 4.71. The maximum Gasteiger partial charge on any atom is 0.0545 e. The lowest BCUT2D eigenvalue weighted by molar-refractivity contribution is 0.145. The first-order chi connectivity index (χ1) is 6.41. The van der Waals surface area contributed by atoms with Gasteiger partial charge in [0.05, 0.1) is 5.75 Å². The third-order valence-electron chi connectivity index (χ3n) is 1.45. The Morgan fingerprint density at radius 3 is 3.00 bits per heavy atom. The topological polar surface area (TPSA) is 21.3 Å². The number of terminal acetylenes is 1. The van der Waals surface area contributed by atoms with Gasteiger partial charge in [-0.3, -0.25) is 0 Å². The molecule has 0 aliphatic rings. The predicted molar refractivity (Wildman–Crippen MR) is 60.1 cm³/mol. The van der Waals surface area contributed by atoms with Crippen LogP contribution in [0.3, 0.4) is 0 Å². The van der Waals surface area contributed by atoms with Crippen molar-refractivity contribution in [3.8, 4) is 12.3 Å². The Morgan fingerprint density at radius 2 is 2.31 bits per heavy atom. The smallest absolute Gasteiger partial charge is 0.0545 e. The molecule has 0 radical (unpaired) electrons. The van der Waals surface area contributed by atoms with Crippen LogP contribution in [0.5, 0.6) is 0 Å². The van der Waals surface area contributed by atoms with E-state index in [4.69, 9.17) is 11.2 Å². The summed E-state index contributed by atoms with van der Waals surface area (Å²) in [5, 5.41) is 3.33. The van der Waals surface area contributed by atoms with Crippen LogP contribution in [0.2, 0.25) is 0 Å². The summed E-state index contributed by atoms with van der Waals surface area (Å²) in [7, 11) is 0. The first-order valence-corrected chi connectivity index (χ1v) is 5.87. The molecule has 0 saturated heterocycles. The Bertz CT molecular complexity index is 133. The van der Waals surface area contributed by atoms with Gasteiger partial charge in [0.1, 0.15) is 0 Å². The van der Waals surface area contributed by atoms with Crippen LogP contribution < -0.4 is 5.32 Å². The monoisotopic (exact) mass is 201 g/mol. The van der Waals surface area contributed by atoms with Gasteiger partial charge < -0.3 is 10.1 Å². The molecule has 2 nitrogen and oxygen atoms in total. The molecule has 0 atom stereocenters. The Kier molecular flexibility index (Phi) is 11.7. The molecule has 0 aromatic carbocycles. The summed E-state index contributed by atoms with van der Waals surface area (Å²) in [5.41, 5.74) is 0. The lowest BCUT2D eigenvalue weighted by Gasteiger charge is -2.03. The quantitative estimate of drug-likeness (QED) is 0.450. The summed E-state index contributed by atoms with van der Waals surface area (Å²) in [6.07, 6.45) is 6.21. The molecule has 1 N–H and O–H groups in total. The molecular formula is C10H19NOS. The molecule has 0 rings (SSSR count). The van der Waals surface area contributed by atoms with E-state index in [1.165, 1.54) is 0 Å². The van der Waals surface area contributed by atoms with E-state index < -0.39 is 0 Å². The number of hydrogen-bond acceptors (Lipinski definition) is 3. The lowest BCUT2D eigenvalue weighted by atomic mass is 10.4. The van der Waals surface area contributed by atoms with Crippen LogP contribution in [0.1, 0.15) is 13.3 Å². The summed E-state index contributed by atoms with van der Waals surface area (Å²) in [6, 6.07) is 0. The number of ether oxygens (including phenoxy) is 1. The maximum absolute atomic E-state index is 5.21. The van der Waals surface area contributed by atoms with E-state index in [0.29, 0.717) is 0 Å². The van der Waals surface area contributed by atoms with Gasteiger partial charge in [-0.15, -0.1) is 18.2 Å². The van der Waals surface area contributed by atoms with Crippen molar-refractivity contribution in [3.05, 3.63) is 0 Å². The fourth-order valence-corrected chi connectivity index (χ4v) is 1.39. The van der Waals surface area contributed by atoms with E-state index in [2.05, 4.69) is 11.2 Å². The zero-order valence-electron chi connectivity index (χ0n) is 8.34. The van der Waals surface area contributed by atoms with Crippen LogP contribution in [0, 0.1) is 12.3 Å². The van der Waals surface area contributed by atoms with Gasteiger partial charge >= 0.3 is 0 Å². The zero-order chi connectivity index (χ0) is 9.78. The number of nitrogens with one attached hydrogen (secondary N) is 1.